The van der Waals surface area contributed by atoms with E-state index in [2.05, 4.69) is 36.7 Å². The molecule has 0 amide bonds. The van der Waals surface area contributed by atoms with Crippen LogP contribution in [0.4, 0.5) is 0 Å². The Bertz CT molecular complexity index is 475. The number of rotatable bonds is 5. The van der Waals surface area contributed by atoms with Crippen LogP contribution in [0.2, 0.25) is 0 Å². The van der Waals surface area contributed by atoms with E-state index < -0.39 is 0 Å². The number of likely N-dealkylation sites (tertiary alicyclic amines) is 1. The van der Waals surface area contributed by atoms with Crippen LogP contribution in [-0.4, -0.2) is 36.1 Å². The molecule has 122 valence electrons. The average molecular weight is 302 g/mol. The maximum Gasteiger partial charge on any atom is 0.213 e. The minimum Gasteiger partial charge on any atom is -0.478 e. The molecular weight excluding hydrogens is 272 g/mol. The lowest BCUT2D eigenvalue weighted by atomic mass is 9.88. The summed E-state index contributed by atoms with van der Waals surface area (Å²) in [5.41, 5.74) is 2.19. The van der Waals surface area contributed by atoms with Crippen molar-refractivity contribution in [2.45, 2.75) is 58.3 Å². The highest BCUT2D eigenvalue weighted by molar-refractivity contribution is 5.23. The van der Waals surface area contributed by atoms with Gasteiger partial charge >= 0.3 is 0 Å². The third-order valence-electron chi connectivity index (χ3n) is 5.34. The first-order valence-electron chi connectivity index (χ1n) is 8.79. The van der Waals surface area contributed by atoms with Crippen LogP contribution in [0.5, 0.6) is 5.88 Å². The van der Waals surface area contributed by atoms with Crippen molar-refractivity contribution in [2.24, 2.45) is 5.41 Å². The highest BCUT2D eigenvalue weighted by atomic mass is 16.5. The fourth-order valence-corrected chi connectivity index (χ4v) is 3.30. The SMILES string of the molecule is CC(C)(C)c1ccc(OCCCN2CCC3(CC2)CC3)nc1. The lowest BCUT2D eigenvalue weighted by Crippen LogP contribution is -2.35. The third-order valence-corrected chi connectivity index (χ3v) is 5.34. The summed E-state index contributed by atoms with van der Waals surface area (Å²) in [4.78, 5) is 7.02. The lowest BCUT2D eigenvalue weighted by Gasteiger charge is -2.31. The van der Waals surface area contributed by atoms with Gasteiger partial charge in [0.15, 0.2) is 0 Å². The Hall–Kier alpha value is -1.09. The van der Waals surface area contributed by atoms with Crippen molar-refractivity contribution in [3.05, 3.63) is 23.9 Å². The van der Waals surface area contributed by atoms with Crippen LogP contribution in [0.15, 0.2) is 18.3 Å². The molecule has 1 aromatic rings. The number of piperidine rings is 1. The summed E-state index contributed by atoms with van der Waals surface area (Å²) in [5, 5.41) is 0. The van der Waals surface area contributed by atoms with Crippen LogP contribution in [0, 0.1) is 5.41 Å². The van der Waals surface area contributed by atoms with Crippen molar-refractivity contribution in [3.63, 3.8) is 0 Å². The van der Waals surface area contributed by atoms with Gasteiger partial charge in [0.2, 0.25) is 5.88 Å². The maximum absolute atomic E-state index is 5.78. The van der Waals surface area contributed by atoms with Gasteiger partial charge in [-0.05, 0) is 61.6 Å². The van der Waals surface area contributed by atoms with E-state index in [4.69, 9.17) is 4.74 Å². The number of ether oxygens (including phenoxy) is 1. The Morgan fingerprint density at radius 3 is 2.41 bits per heavy atom. The zero-order valence-electron chi connectivity index (χ0n) is 14.4. The van der Waals surface area contributed by atoms with Gasteiger partial charge in [-0.25, -0.2) is 4.98 Å². The summed E-state index contributed by atoms with van der Waals surface area (Å²) < 4.78 is 5.78. The van der Waals surface area contributed by atoms with E-state index in [0.717, 1.165) is 30.9 Å². The van der Waals surface area contributed by atoms with E-state index in [0.29, 0.717) is 0 Å². The van der Waals surface area contributed by atoms with E-state index in [1.165, 1.54) is 44.3 Å². The minimum absolute atomic E-state index is 0.151. The predicted molar refractivity (Wildman–Crippen MR) is 90.4 cm³/mol. The predicted octanol–water partition coefficient (Wildman–Crippen LogP) is 4.02. The Kier molecular flexibility index (Phi) is 4.44. The van der Waals surface area contributed by atoms with Crippen LogP contribution in [-0.2, 0) is 5.41 Å². The fourth-order valence-electron chi connectivity index (χ4n) is 3.30. The quantitative estimate of drug-likeness (QED) is 0.768. The van der Waals surface area contributed by atoms with E-state index in [-0.39, 0.29) is 5.41 Å². The van der Waals surface area contributed by atoms with Gasteiger partial charge in [-0.2, -0.15) is 0 Å². The van der Waals surface area contributed by atoms with Crippen LogP contribution in [0.3, 0.4) is 0 Å². The molecule has 1 spiro atoms. The summed E-state index contributed by atoms with van der Waals surface area (Å²) in [5.74, 6) is 0.753. The Morgan fingerprint density at radius 1 is 1.14 bits per heavy atom. The second-order valence-electron chi connectivity index (χ2n) is 8.18. The van der Waals surface area contributed by atoms with Gasteiger partial charge in [0, 0.05) is 18.8 Å². The molecule has 2 fully saturated rings. The molecule has 1 saturated carbocycles. The monoisotopic (exact) mass is 302 g/mol. The molecular formula is C19H30N2O. The fraction of sp³-hybridized carbons (Fsp3) is 0.737. The molecule has 3 nitrogen and oxygen atoms in total. The molecule has 0 bridgehead atoms. The highest BCUT2D eigenvalue weighted by Gasteiger charge is 2.44. The molecule has 1 aliphatic heterocycles. The maximum atomic E-state index is 5.78. The van der Waals surface area contributed by atoms with E-state index in [1.54, 1.807) is 0 Å². The Labute approximate surface area is 135 Å². The summed E-state index contributed by atoms with van der Waals surface area (Å²) in [6.07, 6.45) is 8.85. The van der Waals surface area contributed by atoms with E-state index in [9.17, 15) is 0 Å². The smallest absolute Gasteiger partial charge is 0.213 e. The first-order valence-corrected chi connectivity index (χ1v) is 8.79. The molecule has 0 radical (unpaired) electrons. The third kappa shape index (κ3) is 4.01. The standard InChI is InChI=1S/C19H30N2O/c1-18(2,3)16-5-6-17(20-15-16)22-14-4-11-21-12-9-19(7-8-19)10-13-21/h5-6,15H,4,7-14H2,1-3H3. The highest BCUT2D eigenvalue weighted by Crippen LogP contribution is 2.53. The van der Waals surface area contributed by atoms with Crippen molar-refractivity contribution in [2.75, 3.05) is 26.2 Å². The number of hydrogen-bond donors (Lipinski definition) is 0. The first kappa shape index (κ1) is 15.8. The van der Waals surface area contributed by atoms with Gasteiger partial charge in [-0.3, -0.25) is 0 Å². The topological polar surface area (TPSA) is 25.4 Å². The van der Waals surface area contributed by atoms with Crippen molar-refractivity contribution in [1.29, 1.82) is 0 Å². The van der Waals surface area contributed by atoms with Crippen molar-refractivity contribution < 1.29 is 4.74 Å². The Morgan fingerprint density at radius 2 is 1.86 bits per heavy atom. The van der Waals surface area contributed by atoms with Gasteiger partial charge < -0.3 is 9.64 Å². The zero-order valence-corrected chi connectivity index (χ0v) is 14.4. The molecule has 1 aliphatic carbocycles. The Balaban J connectivity index is 1.34. The second-order valence-corrected chi connectivity index (χ2v) is 8.18. The molecule has 1 aromatic heterocycles. The van der Waals surface area contributed by atoms with Crippen LogP contribution < -0.4 is 4.74 Å². The normalized spacial score (nSPS) is 21.0. The molecule has 0 aromatic carbocycles. The van der Waals surface area contributed by atoms with Gasteiger partial charge in [0.05, 0.1) is 6.61 Å². The number of nitrogens with zero attached hydrogens (tertiary/aromatic N) is 2. The zero-order chi connectivity index (χ0) is 15.6. The number of aromatic nitrogens is 1. The van der Waals surface area contributed by atoms with E-state index >= 15 is 0 Å². The summed E-state index contributed by atoms with van der Waals surface area (Å²) in [7, 11) is 0. The van der Waals surface area contributed by atoms with E-state index in [1.807, 2.05) is 12.3 Å². The first-order chi connectivity index (χ1) is 10.5. The largest absolute Gasteiger partial charge is 0.478 e. The molecule has 2 aliphatic rings. The van der Waals surface area contributed by atoms with Crippen molar-refractivity contribution >= 4 is 0 Å². The van der Waals surface area contributed by atoms with Gasteiger partial charge in [0.25, 0.3) is 0 Å². The second kappa shape index (κ2) is 6.19. The lowest BCUT2D eigenvalue weighted by molar-refractivity contribution is 0.160. The molecule has 1 saturated heterocycles. The molecule has 0 unspecified atom stereocenters. The molecule has 0 atom stereocenters. The van der Waals surface area contributed by atoms with Gasteiger partial charge in [-0.15, -0.1) is 0 Å². The van der Waals surface area contributed by atoms with Crippen LogP contribution >= 0.6 is 0 Å². The average Bonchev–Trinajstić information content (AvgIpc) is 3.25. The van der Waals surface area contributed by atoms with Gasteiger partial charge in [0.1, 0.15) is 0 Å². The molecule has 3 heteroatoms. The van der Waals surface area contributed by atoms with Gasteiger partial charge in [-0.1, -0.05) is 26.8 Å². The van der Waals surface area contributed by atoms with Crippen LogP contribution in [0.25, 0.3) is 0 Å². The molecule has 0 N–H and O–H groups in total. The van der Waals surface area contributed by atoms with Crippen molar-refractivity contribution in [3.8, 4) is 5.88 Å². The summed E-state index contributed by atoms with van der Waals surface area (Å²) >= 11 is 0. The molecule has 22 heavy (non-hydrogen) atoms. The van der Waals surface area contributed by atoms with Crippen LogP contribution in [0.1, 0.15) is 58.4 Å². The van der Waals surface area contributed by atoms with Crippen molar-refractivity contribution in [1.82, 2.24) is 9.88 Å². The minimum atomic E-state index is 0.151. The molecule has 3 rings (SSSR count). The summed E-state index contributed by atoms with van der Waals surface area (Å²) in [6.45, 7) is 11.1. The summed E-state index contributed by atoms with van der Waals surface area (Å²) in [6, 6.07) is 4.13. The number of pyridine rings is 1. The number of hydrogen-bond acceptors (Lipinski definition) is 3. The molecule has 2 heterocycles.